The van der Waals surface area contributed by atoms with Gasteiger partial charge in [0, 0.05) is 85.5 Å². The summed E-state index contributed by atoms with van der Waals surface area (Å²) in [6.45, 7) is 11.7. The highest BCUT2D eigenvalue weighted by molar-refractivity contribution is 7.85. The lowest BCUT2D eigenvalue weighted by atomic mass is 9.79. The number of nitrogens with one attached hydrogen (secondary N) is 3. The first-order chi connectivity index (χ1) is 47.5. The normalized spacial score (nSPS) is 15.7. The number of carbonyl (C=O) groups is 6. The fourth-order valence-corrected chi connectivity index (χ4v) is 13.1. The second-order valence-electron chi connectivity index (χ2n) is 24.6. The average Bonchev–Trinajstić information content (AvgIpc) is 1.61. The van der Waals surface area contributed by atoms with E-state index in [1.54, 1.807) is 0 Å². The number of aliphatic carboxylic acids is 2. The molecule has 33 heteroatoms. The maximum Gasteiger partial charge on any atom is 0.425 e. The lowest BCUT2D eigenvalue weighted by molar-refractivity contribution is -0.438. The summed E-state index contributed by atoms with van der Waals surface area (Å²) in [5.41, 5.74) is 8.80. The summed E-state index contributed by atoms with van der Waals surface area (Å²) < 4.78 is 120. The molecule has 3 amide bonds. The van der Waals surface area contributed by atoms with Gasteiger partial charge in [-0.1, -0.05) is 99.7 Å². The van der Waals surface area contributed by atoms with Gasteiger partial charge in [0.25, 0.3) is 10.1 Å². The molecule has 0 spiro atoms. The molecule has 6 rings (SSSR count). The maximum atomic E-state index is 14.5. The number of Topliss-reactive ketones (excluding diaryl/α,β-unsaturated/α-hetero) is 2. The number of rotatable bonds is 35. The molecule has 101 heavy (non-hydrogen) atoms. The predicted octanol–water partition coefficient (Wildman–Crippen LogP) is 6.77. The minimum Gasteiger partial charge on any atom is -0.748 e. The molecule has 2 heterocycles. The Balaban J connectivity index is 0.00000227. The van der Waals surface area contributed by atoms with Gasteiger partial charge in [-0.2, -0.15) is 32.2 Å². The second-order valence-corrected chi connectivity index (χ2v) is 28.5. The van der Waals surface area contributed by atoms with Gasteiger partial charge in [0.15, 0.2) is 11.5 Å². The summed E-state index contributed by atoms with van der Waals surface area (Å²) in [7, 11) is -14.8. The third kappa shape index (κ3) is 32.0. The van der Waals surface area contributed by atoms with E-state index in [2.05, 4.69) is 89.6 Å². The molecule has 1 unspecified atom stereocenters. The average molecular weight is 1490 g/mol. The number of nitrogens with zero attached hydrogens (tertiary/aromatic N) is 2. The smallest absolute Gasteiger partial charge is 0.425 e. The third-order valence-electron chi connectivity index (χ3n) is 16.7. The Labute approximate surface area is 590 Å². The zero-order valence-corrected chi connectivity index (χ0v) is 60.0. The molecule has 0 saturated carbocycles. The molecule has 3 aromatic carbocycles. The van der Waals surface area contributed by atoms with Crippen LogP contribution in [-0.4, -0.2) is 163 Å². The van der Waals surface area contributed by atoms with E-state index in [4.69, 9.17) is 44.4 Å². The number of hydrogen-bond donors (Lipinski definition) is 6. The largest absolute Gasteiger partial charge is 0.748 e. The summed E-state index contributed by atoms with van der Waals surface area (Å²) in [5.74, 6) is -5.52. The highest BCUT2D eigenvalue weighted by atomic mass is 32.2. The first-order valence-electron chi connectivity index (χ1n) is 32.2. The van der Waals surface area contributed by atoms with Gasteiger partial charge < -0.3 is 35.6 Å². The van der Waals surface area contributed by atoms with E-state index in [0.717, 1.165) is 62.6 Å². The lowest BCUT2D eigenvalue weighted by Crippen LogP contribution is -2.46. The van der Waals surface area contributed by atoms with Gasteiger partial charge >= 0.3 is 51.5 Å². The summed E-state index contributed by atoms with van der Waals surface area (Å²) in [6.07, 6.45) is 13.6. The van der Waals surface area contributed by atoms with Gasteiger partial charge in [-0.15, -0.1) is 25.3 Å². The molecule has 2 aliphatic heterocycles. The Hall–Kier alpha value is -9.07. The number of carboxylic acids is 2. The van der Waals surface area contributed by atoms with E-state index in [1.165, 1.54) is 0 Å². The SMILES string of the molecule is CCCNC(=O)N[C@@H](CCC(=O)CCCCC(=O)N[C@@H](Cc1ccccc1)C(=O)CC(CCC1=C(C=CC2=[N+](CCCCS(=O)(=O)O)c3ccccc3C2(C)C)CCCC1=CC=C1N(CCCCS(=O)(=O)[O-])c2ccccc2C1(C)C)C(=O)O)C(=O)O.O=C=O.O=C=O.O=S(=O)=O.O=S(=O)=O. The maximum absolute atomic E-state index is 14.5. The standard InChI is InChI=1S/C66H87N5O14S2.2CO2.2O3S/c1-6-39-67-64(79)69-54(63(77)78)36-34-50(72)25-10-15-30-61(74)68-55(44-46-21-8-7-9-22-46)58(73)45-49(62(75)76)31-35-51-47(32-37-59-65(2,3)52-26-11-13-28-56(52)70(59)40-16-18-42-86(80,81)82)23-20-24-48(51)33-38-60-66(4,5)53-27-12-14-29-57(53)71(60)41-17-19-43-87(83,84)85;2*2-1-3;2*1-4(2)3/h7-9,11-14,21-22,26-29,32-33,37-38,49,54-55H,6,10,15-20,23-25,30-31,34-36,39-45H2,1-5H3,(H6-,67,68,69,74,75,76,77,78,79,80,81,82,83,84,85);;;;/t49?,54-,55-;;;;/m0..../s1. The fourth-order valence-electron chi connectivity index (χ4n) is 12.0. The number of fused-ring (bicyclic) bond motifs is 2. The van der Waals surface area contributed by atoms with Crippen LogP contribution in [0.25, 0.3) is 0 Å². The van der Waals surface area contributed by atoms with E-state index >= 15 is 0 Å². The van der Waals surface area contributed by atoms with Crippen LogP contribution in [0, 0.1) is 5.92 Å². The number of benzene rings is 3. The van der Waals surface area contributed by atoms with Crippen molar-refractivity contribution in [3.8, 4) is 0 Å². The van der Waals surface area contributed by atoms with Crippen LogP contribution in [0.5, 0.6) is 0 Å². The minimum atomic E-state index is -4.39. The van der Waals surface area contributed by atoms with Crippen molar-refractivity contribution in [2.24, 2.45) is 5.92 Å². The fraction of sp³-hybridized carbons (Fsp3) is 0.485. The van der Waals surface area contributed by atoms with Crippen LogP contribution in [0.1, 0.15) is 160 Å². The molecule has 3 aromatic rings. The van der Waals surface area contributed by atoms with E-state index in [9.17, 15) is 64.9 Å². The topological polar surface area (TPSA) is 467 Å². The van der Waals surface area contributed by atoms with Crippen LogP contribution >= 0.6 is 0 Å². The van der Waals surface area contributed by atoms with Gasteiger partial charge in [0.2, 0.25) is 11.6 Å². The van der Waals surface area contributed by atoms with Crippen LogP contribution in [0.3, 0.4) is 0 Å². The molecule has 6 N–H and O–H groups in total. The Morgan fingerprint density at radius 3 is 1.86 bits per heavy atom. The molecule has 0 radical (unpaired) electrons. The Bertz CT molecular complexity index is 4030. The van der Waals surface area contributed by atoms with Crippen molar-refractivity contribution >= 4 is 106 Å². The van der Waals surface area contributed by atoms with Crippen LogP contribution < -0.4 is 20.9 Å². The summed E-state index contributed by atoms with van der Waals surface area (Å²) in [4.78, 5) is 113. The van der Waals surface area contributed by atoms with Crippen LogP contribution in [-0.2, 0) is 102 Å². The highest BCUT2D eigenvalue weighted by Crippen LogP contribution is 2.48. The Kier molecular flexibility index (Phi) is 38.6. The van der Waals surface area contributed by atoms with E-state index in [1.807, 2.05) is 73.7 Å². The molecule has 29 nitrogen and oxygen atoms in total. The van der Waals surface area contributed by atoms with Crippen molar-refractivity contribution in [2.75, 3.05) is 36.0 Å². The quantitative estimate of drug-likeness (QED) is 0.0201. The van der Waals surface area contributed by atoms with Gasteiger partial charge in [0.1, 0.15) is 18.4 Å². The molecule has 0 aromatic heterocycles. The van der Waals surface area contributed by atoms with E-state index < -0.39 is 106 Å². The van der Waals surface area contributed by atoms with Gasteiger partial charge in [-0.25, -0.2) is 18.0 Å². The molecule has 3 atom stereocenters. The monoisotopic (exact) mass is 1490 g/mol. The summed E-state index contributed by atoms with van der Waals surface area (Å²) >= 11 is 0. The van der Waals surface area contributed by atoms with Crippen molar-refractivity contribution in [3.05, 3.63) is 142 Å². The number of para-hydroxylation sites is 2. The summed E-state index contributed by atoms with van der Waals surface area (Å²) in [5, 5.41) is 28.3. The third-order valence-corrected chi connectivity index (χ3v) is 18.3. The van der Waals surface area contributed by atoms with Crippen molar-refractivity contribution in [2.45, 2.75) is 173 Å². The van der Waals surface area contributed by atoms with Gasteiger partial charge in [-0.05, 0) is 137 Å². The zero-order chi connectivity index (χ0) is 76.1. The number of carbonyl (C=O) groups excluding carboxylic acids is 8. The molecular weight excluding hydrogens is 1400 g/mol. The Morgan fingerprint density at radius 2 is 1.27 bits per heavy atom. The molecule has 0 fully saturated rings. The highest BCUT2D eigenvalue weighted by Gasteiger charge is 2.44. The van der Waals surface area contributed by atoms with Crippen molar-refractivity contribution in [1.82, 2.24) is 16.0 Å². The van der Waals surface area contributed by atoms with Crippen LogP contribution in [0.4, 0.5) is 16.2 Å². The predicted molar refractivity (Wildman–Crippen MR) is 364 cm³/mol. The molecular formula is C68H87N5O24S4. The molecule has 0 saturated heterocycles. The van der Waals surface area contributed by atoms with Crippen molar-refractivity contribution in [1.29, 1.82) is 0 Å². The van der Waals surface area contributed by atoms with Gasteiger partial charge in [-0.3, -0.25) is 23.7 Å². The number of allylic oxidation sites excluding steroid dienone is 8. The van der Waals surface area contributed by atoms with Crippen molar-refractivity contribution in [3.63, 3.8) is 0 Å². The number of hydrogen-bond acceptors (Lipinski definition) is 22. The van der Waals surface area contributed by atoms with Gasteiger partial charge in [0.05, 0.1) is 33.2 Å². The number of anilines is 1. The van der Waals surface area contributed by atoms with E-state index in [0.29, 0.717) is 58.2 Å². The number of ketones is 2. The lowest BCUT2D eigenvalue weighted by Gasteiger charge is -2.28. The number of urea groups is 1. The first kappa shape index (κ1) is 88.0. The molecule has 0 bridgehead atoms. The number of amides is 3. The molecule has 3 aliphatic rings. The summed E-state index contributed by atoms with van der Waals surface area (Å²) in [6, 6.07) is 22.2. The molecule has 552 valence electrons. The van der Waals surface area contributed by atoms with Crippen LogP contribution in [0.15, 0.2) is 126 Å². The van der Waals surface area contributed by atoms with E-state index in [-0.39, 0.29) is 94.5 Å². The molecule has 1 aliphatic carbocycles. The number of unbranched alkanes of at least 4 members (excludes halogenated alkanes) is 3. The number of carboxylic acid groups (broad SMARTS) is 2. The zero-order valence-electron chi connectivity index (χ0n) is 56.8. The van der Waals surface area contributed by atoms with Crippen LogP contribution in [0.2, 0.25) is 0 Å². The van der Waals surface area contributed by atoms with Crippen molar-refractivity contribution < 1.29 is 114 Å². The Morgan fingerprint density at radius 1 is 0.683 bits per heavy atom. The minimum absolute atomic E-state index is 0.0260. The second kappa shape index (κ2) is 44.2. The first-order valence-corrected chi connectivity index (χ1v) is 37.4.